The number of sulfonamides is 1. The molecule has 1 atom stereocenters. The lowest BCUT2D eigenvalue weighted by molar-refractivity contribution is -0.127. The minimum absolute atomic E-state index is 0.0285. The molecule has 0 spiro atoms. The third-order valence-corrected chi connectivity index (χ3v) is 4.99. The fourth-order valence-electron chi connectivity index (χ4n) is 1.84. The van der Waals surface area contributed by atoms with Crippen molar-refractivity contribution in [1.29, 1.82) is 0 Å². The van der Waals surface area contributed by atoms with Crippen LogP contribution in [0.5, 0.6) is 0 Å². The minimum atomic E-state index is -3.61. The summed E-state index contributed by atoms with van der Waals surface area (Å²) in [4.78, 5) is 23.4. The largest absolute Gasteiger partial charge is 0.353 e. The number of benzene rings is 1. The number of aryl methyl sites for hydroxylation is 1. The van der Waals surface area contributed by atoms with Gasteiger partial charge in [-0.1, -0.05) is 31.5 Å². The molecule has 0 saturated carbocycles. The molecule has 0 radical (unpaired) electrons. The molecule has 0 bridgehead atoms. The topological polar surface area (TPSA) is 130 Å². The standard InChI is InChI=1S/C16H26N4O4S/c1-11(2)15(17)16(22)19-10-14(21)18-8-9-20-25(23,24)13-6-4-12(3)5-7-13/h4-7,11,15,20H,8-10,17H2,1-3H3,(H,18,21)(H,19,22)/t15-/m0/s1. The normalized spacial score (nSPS) is 12.7. The maximum atomic E-state index is 12.0. The van der Waals surface area contributed by atoms with E-state index in [-0.39, 0.29) is 30.4 Å². The van der Waals surface area contributed by atoms with E-state index in [9.17, 15) is 18.0 Å². The van der Waals surface area contributed by atoms with E-state index >= 15 is 0 Å². The second-order valence-electron chi connectivity index (χ2n) is 6.05. The molecule has 0 saturated heterocycles. The molecular weight excluding hydrogens is 344 g/mol. The van der Waals surface area contributed by atoms with Gasteiger partial charge < -0.3 is 16.4 Å². The Morgan fingerprint density at radius 2 is 1.68 bits per heavy atom. The van der Waals surface area contributed by atoms with Gasteiger partial charge in [-0.25, -0.2) is 13.1 Å². The number of carbonyl (C=O) groups excluding carboxylic acids is 2. The van der Waals surface area contributed by atoms with Crippen LogP contribution in [0.1, 0.15) is 19.4 Å². The number of hydrogen-bond donors (Lipinski definition) is 4. The summed E-state index contributed by atoms with van der Waals surface area (Å²) >= 11 is 0. The zero-order valence-corrected chi connectivity index (χ0v) is 15.5. The smallest absolute Gasteiger partial charge is 0.240 e. The minimum Gasteiger partial charge on any atom is -0.353 e. The molecule has 0 aliphatic carbocycles. The fourth-order valence-corrected chi connectivity index (χ4v) is 2.87. The van der Waals surface area contributed by atoms with E-state index < -0.39 is 27.9 Å². The zero-order chi connectivity index (χ0) is 19.0. The molecule has 8 nitrogen and oxygen atoms in total. The highest BCUT2D eigenvalue weighted by Crippen LogP contribution is 2.09. The molecule has 1 aromatic rings. The summed E-state index contributed by atoms with van der Waals surface area (Å²) in [6.45, 7) is 5.43. The SMILES string of the molecule is Cc1ccc(S(=O)(=O)NCCNC(=O)CNC(=O)[C@@H](N)C(C)C)cc1. The third-order valence-electron chi connectivity index (χ3n) is 3.51. The quantitative estimate of drug-likeness (QED) is 0.435. The van der Waals surface area contributed by atoms with Crippen LogP contribution in [0.25, 0.3) is 0 Å². The lowest BCUT2D eigenvalue weighted by Gasteiger charge is -2.15. The van der Waals surface area contributed by atoms with E-state index in [2.05, 4.69) is 15.4 Å². The van der Waals surface area contributed by atoms with Crippen molar-refractivity contribution < 1.29 is 18.0 Å². The molecule has 25 heavy (non-hydrogen) atoms. The Morgan fingerprint density at radius 3 is 2.24 bits per heavy atom. The Hall–Kier alpha value is -1.97. The Kier molecular flexibility index (Phi) is 8.01. The maximum absolute atomic E-state index is 12.0. The number of nitrogens with one attached hydrogen (secondary N) is 3. The van der Waals surface area contributed by atoms with Crippen molar-refractivity contribution in [2.75, 3.05) is 19.6 Å². The highest BCUT2D eigenvalue weighted by molar-refractivity contribution is 7.89. The molecule has 140 valence electrons. The molecule has 0 aliphatic rings. The van der Waals surface area contributed by atoms with Crippen LogP contribution in [0, 0.1) is 12.8 Å². The first-order valence-electron chi connectivity index (χ1n) is 8.00. The van der Waals surface area contributed by atoms with Gasteiger partial charge in [-0.05, 0) is 25.0 Å². The van der Waals surface area contributed by atoms with Crippen LogP contribution in [0.4, 0.5) is 0 Å². The molecule has 0 fully saturated rings. The summed E-state index contributed by atoms with van der Waals surface area (Å²) in [7, 11) is -3.61. The Labute approximate surface area is 148 Å². The molecule has 5 N–H and O–H groups in total. The number of carbonyl (C=O) groups is 2. The van der Waals surface area contributed by atoms with Crippen molar-refractivity contribution in [3.63, 3.8) is 0 Å². The molecule has 0 unspecified atom stereocenters. The van der Waals surface area contributed by atoms with Gasteiger partial charge >= 0.3 is 0 Å². The molecule has 0 heterocycles. The van der Waals surface area contributed by atoms with Crippen molar-refractivity contribution in [2.45, 2.75) is 31.7 Å². The summed E-state index contributed by atoms with van der Waals surface area (Å²) in [6, 6.07) is 5.78. The average molecular weight is 370 g/mol. The van der Waals surface area contributed by atoms with Crippen molar-refractivity contribution in [3.8, 4) is 0 Å². The highest BCUT2D eigenvalue weighted by Gasteiger charge is 2.17. The predicted molar refractivity (Wildman–Crippen MR) is 95.2 cm³/mol. The Balaban J connectivity index is 2.32. The molecule has 0 aliphatic heterocycles. The molecule has 1 aromatic carbocycles. The van der Waals surface area contributed by atoms with Crippen molar-refractivity contribution in [2.24, 2.45) is 11.7 Å². The second kappa shape index (κ2) is 9.50. The van der Waals surface area contributed by atoms with Crippen LogP contribution in [-0.4, -0.2) is 45.9 Å². The molecular formula is C16H26N4O4S. The predicted octanol–water partition coefficient (Wildman–Crippen LogP) is -0.511. The number of nitrogens with two attached hydrogens (primary N) is 1. The lowest BCUT2D eigenvalue weighted by atomic mass is 10.1. The van der Waals surface area contributed by atoms with Gasteiger partial charge in [0.2, 0.25) is 21.8 Å². The third kappa shape index (κ3) is 7.20. The first kappa shape index (κ1) is 21.1. The monoisotopic (exact) mass is 370 g/mol. The summed E-state index contributed by atoms with van der Waals surface area (Å²) in [5.41, 5.74) is 6.62. The number of rotatable bonds is 9. The van der Waals surface area contributed by atoms with Gasteiger partial charge in [0, 0.05) is 13.1 Å². The summed E-state index contributed by atoms with van der Waals surface area (Å²) in [6.07, 6.45) is 0. The van der Waals surface area contributed by atoms with Crippen molar-refractivity contribution in [3.05, 3.63) is 29.8 Å². The molecule has 1 rings (SSSR count). The van der Waals surface area contributed by atoms with E-state index in [1.165, 1.54) is 12.1 Å². The van der Waals surface area contributed by atoms with Gasteiger partial charge in [-0.15, -0.1) is 0 Å². The van der Waals surface area contributed by atoms with Gasteiger partial charge in [-0.2, -0.15) is 0 Å². The number of hydrogen-bond acceptors (Lipinski definition) is 5. The van der Waals surface area contributed by atoms with E-state index in [4.69, 9.17) is 5.73 Å². The van der Waals surface area contributed by atoms with E-state index in [1.54, 1.807) is 12.1 Å². The van der Waals surface area contributed by atoms with E-state index in [1.807, 2.05) is 20.8 Å². The van der Waals surface area contributed by atoms with Gasteiger partial charge in [0.05, 0.1) is 17.5 Å². The van der Waals surface area contributed by atoms with Crippen LogP contribution in [0.15, 0.2) is 29.2 Å². The highest BCUT2D eigenvalue weighted by atomic mass is 32.2. The van der Waals surface area contributed by atoms with Gasteiger partial charge in [0.25, 0.3) is 0 Å². The first-order valence-corrected chi connectivity index (χ1v) is 9.48. The van der Waals surface area contributed by atoms with Crippen molar-refractivity contribution >= 4 is 21.8 Å². The van der Waals surface area contributed by atoms with Crippen LogP contribution in [0.2, 0.25) is 0 Å². The number of amides is 2. The molecule has 9 heteroatoms. The van der Waals surface area contributed by atoms with Crippen LogP contribution in [-0.2, 0) is 19.6 Å². The van der Waals surface area contributed by atoms with E-state index in [0.29, 0.717) is 0 Å². The Morgan fingerprint density at radius 1 is 1.08 bits per heavy atom. The van der Waals surface area contributed by atoms with E-state index in [0.717, 1.165) is 5.56 Å². The van der Waals surface area contributed by atoms with Crippen LogP contribution in [0.3, 0.4) is 0 Å². The summed E-state index contributed by atoms with van der Waals surface area (Å²) < 4.78 is 26.5. The lowest BCUT2D eigenvalue weighted by Crippen LogP contribution is -2.47. The van der Waals surface area contributed by atoms with Crippen molar-refractivity contribution in [1.82, 2.24) is 15.4 Å². The van der Waals surface area contributed by atoms with Crippen LogP contribution < -0.4 is 21.1 Å². The summed E-state index contributed by atoms with van der Waals surface area (Å²) in [5, 5.41) is 4.96. The molecule has 0 aromatic heterocycles. The Bertz CT molecular complexity index is 687. The van der Waals surface area contributed by atoms with Gasteiger partial charge in [0.15, 0.2) is 0 Å². The fraction of sp³-hybridized carbons (Fsp3) is 0.500. The van der Waals surface area contributed by atoms with Crippen LogP contribution >= 0.6 is 0 Å². The second-order valence-corrected chi connectivity index (χ2v) is 7.82. The molecule has 2 amide bonds. The average Bonchev–Trinajstić information content (AvgIpc) is 2.56. The maximum Gasteiger partial charge on any atom is 0.240 e. The van der Waals surface area contributed by atoms with Gasteiger partial charge in [-0.3, -0.25) is 9.59 Å². The zero-order valence-electron chi connectivity index (χ0n) is 14.7. The summed E-state index contributed by atoms with van der Waals surface area (Å²) in [5.74, 6) is -0.844. The van der Waals surface area contributed by atoms with Gasteiger partial charge in [0.1, 0.15) is 0 Å². The first-order chi connectivity index (χ1) is 11.6.